The van der Waals surface area contributed by atoms with Gasteiger partial charge in [-0.05, 0) is 12.1 Å². The van der Waals surface area contributed by atoms with Gasteiger partial charge in [-0.3, -0.25) is 0 Å². The van der Waals surface area contributed by atoms with Gasteiger partial charge in [0.25, 0.3) is 0 Å². The van der Waals surface area contributed by atoms with Crippen LogP contribution in [0, 0.1) is 0 Å². The zero-order valence-corrected chi connectivity index (χ0v) is 9.36. The van der Waals surface area contributed by atoms with Crippen LogP contribution in [0.25, 0.3) is 0 Å². The van der Waals surface area contributed by atoms with Gasteiger partial charge in [-0.25, -0.2) is 4.98 Å². The summed E-state index contributed by atoms with van der Waals surface area (Å²) in [6.45, 7) is 0. The Morgan fingerprint density at radius 1 is 1.36 bits per heavy atom. The Kier molecular flexibility index (Phi) is 2.73. The number of aliphatic hydroxyl groups is 1. The van der Waals surface area contributed by atoms with E-state index in [0.29, 0.717) is 9.47 Å². The highest BCUT2D eigenvalue weighted by atomic mass is 35.5. The molecule has 3 N–H and O–H groups in total. The topological polar surface area (TPSA) is 59.1 Å². The van der Waals surface area contributed by atoms with E-state index in [9.17, 15) is 5.11 Å². The van der Waals surface area contributed by atoms with Crippen LogP contribution in [0.1, 0.15) is 15.9 Å². The number of rotatable bonds is 2. The summed E-state index contributed by atoms with van der Waals surface area (Å²) in [7, 11) is 0. The van der Waals surface area contributed by atoms with Crippen LogP contribution in [0.15, 0.2) is 18.3 Å². The van der Waals surface area contributed by atoms with Gasteiger partial charge in [0.15, 0.2) is 5.13 Å². The molecule has 0 aliphatic rings. The average molecular weight is 247 g/mol. The maximum atomic E-state index is 9.89. The molecule has 1 unspecified atom stereocenters. The Morgan fingerprint density at radius 3 is 2.64 bits per heavy atom. The largest absolute Gasteiger partial charge is 0.382 e. The molecule has 74 valence electrons. The molecule has 3 nitrogen and oxygen atoms in total. The van der Waals surface area contributed by atoms with Crippen molar-refractivity contribution >= 4 is 39.4 Å². The first kappa shape index (κ1) is 9.92. The van der Waals surface area contributed by atoms with Crippen molar-refractivity contribution in [3.05, 3.63) is 32.4 Å². The molecule has 0 aromatic carbocycles. The number of aliphatic hydroxyl groups excluding tert-OH is 1. The first-order chi connectivity index (χ1) is 6.66. The number of nitrogens with two attached hydrogens (primary N) is 1. The van der Waals surface area contributed by atoms with E-state index in [4.69, 9.17) is 17.3 Å². The first-order valence-electron chi connectivity index (χ1n) is 3.81. The summed E-state index contributed by atoms with van der Waals surface area (Å²) in [6, 6.07) is 3.56. The van der Waals surface area contributed by atoms with Crippen LogP contribution < -0.4 is 5.73 Å². The molecule has 0 fully saturated rings. The second-order valence-corrected chi connectivity index (χ2v) is 5.49. The first-order valence-corrected chi connectivity index (χ1v) is 5.82. The van der Waals surface area contributed by atoms with Gasteiger partial charge >= 0.3 is 0 Å². The average Bonchev–Trinajstić information content (AvgIpc) is 2.73. The Bertz CT molecular complexity index is 400. The third-order valence-corrected chi connectivity index (χ3v) is 3.84. The monoisotopic (exact) mass is 246 g/mol. The number of halogens is 1. The van der Waals surface area contributed by atoms with Crippen LogP contribution in [-0.2, 0) is 0 Å². The van der Waals surface area contributed by atoms with E-state index >= 15 is 0 Å². The maximum absolute atomic E-state index is 9.89. The number of hydrogen-bond donors (Lipinski definition) is 2. The van der Waals surface area contributed by atoms with Gasteiger partial charge in [-0.15, -0.1) is 11.3 Å². The highest BCUT2D eigenvalue weighted by Gasteiger charge is 2.15. The third-order valence-electron chi connectivity index (χ3n) is 1.67. The summed E-state index contributed by atoms with van der Waals surface area (Å²) in [5.74, 6) is 0. The zero-order chi connectivity index (χ0) is 10.1. The van der Waals surface area contributed by atoms with E-state index in [1.807, 2.05) is 0 Å². The fourth-order valence-electron chi connectivity index (χ4n) is 1.04. The van der Waals surface area contributed by atoms with E-state index < -0.39 is 6.10 Å². The van der Waals surface area contributed by atoms with Crippen LogP contribution >= 0.6 is 34.3 Å². The molecule has 0 spiro atoms. The van der Waals surface area contributed by atoms with E-state index in [1.165, 1.54) is 22.7 Å². The van der Waals surface area contributed by atoms with Crippen molar-refractivity contribution in [2.75, 3.05) is 5.73 Å². The number of nitrogen functional groups attached to an aromatic ring is 1. The lowest BCUT2D eigenvalue weighted by Crippen LogP contribution is -1.92. The summed E-state index contributed by atoms with van der Waals surface area (Å²) < 4.78 is 0.663. The second-order valence-electron chi connectivity index (χ2n) is 2.65. The van der Waals surface area contributed by atoms with Crippen molar-refractivity contribution in [3.8, 4) is 0 Å². The lowest BCUT2D eigenvalue weighted by molar-refractivity contribution is 0.228. The van der Waals surface area contributed by atoms with Crippen molar-refractivity contribution in [1.29, 1.82) is 0 Å². The predicted molar refractivity (Wildman–Crippen MR) is 59.9 cm³/mol. The molecule has 0 saturated heterocycles. The van der Waals surface area contributed by atoms with Gasteiger partial charge in [-0.2, -0.15) is 0 Å². The number of thiophene rings is 1. The molecule has 2 aromatic rings. The molecule has 2 aromatic heterocycles. The molecule has 14 heavy (non-hydrogen) atoms. The predicted octanol–water partition coefficient (Wildman–Crippen LogP) is 2.52. The quantitative estimate of drug-likeness (QED) is 0.856. The minimum atomic E-state index is -0.665. The van der Waals surface area contributed by atoms with Gasteiger partial charge in [0, 0.05) is 11.1 Å². The molecule has 0 saturated carbocycles. The summed E-state index contributed by atoms with van der Waals surface area (Å²) >= 11 is 8.40. The molecule has 2 heterocycles. The van der Waals surface area contributed by atoms with Crippen molar-refractivity contribution in [1.82, 2.24) is 4.98 Å². The second kappa shape index (κ2) is 3.86. The molecular formula is C8H7ClN2OS2. The van der Waals surface area contributed by atoms with Gasteiger partial charge in [0.2, 0.25) is 0 Å². The summed E-state index contributed by atoms with van der Waals surface area (Å²) in [5.41, 5.74) is 5.47. The van der Waals surface area contributed by atoms with Crippen LogP contribution in [-0.4, -0.2) is 10.1 Å². The van der Waals surface area contributed by atoms with Gasteiger partial charge in [0.1, 0.15) is 6.10 Å². The third kappa shape index (κ3) is 1.90. The van der Waals surface area contributed by atoms with Crippen LogP contribution in [0.2, 0.25) is 4.34 Å². The minimum absolute atomic E-state index is 0.460. The molecule has 1 atom stereocenters. The molecule has 0 radical (unpaired) electrons. The summed E-state index contributed by atoms with van der Waals surface area (Å²) in [6.07, 6.45) is 0.917. The highest BCUT2D eigenvalue weighted by molar-refractivity contribution is 7.17. The van der Waals surface area contributed by atoms with Gasteiger partial charge in [0.05, 0.1) is 9.21 Å². The smallest absolute Gasteiger partial charge is 0.180 e. The van der Waals surface area contributed by atoms with Crippen molar-refractivity contribution in [2.45, 2.75) is 6.10 Å². The fraction of sp³-hybridized carbons (Fsp3) is 0.125. The normalized spacial score (nSPS) is 13.0. The lowest BCUT2D eigenvalue weighted by Gasteiger charge is -2.03. The minimum Gasteiger partial charge on any atom is -0.382 e. The molecular weight excluding hydrogens is 240 g/mol. The van der Waals surface area contributed by atoms with Crippen molar-refractivity contribution in [2.24, 2.45) is 0 Å². The summed E-state index contributed by atoms with van der Waals surface area (Å²) in [4.78, 5) is 5.42. The van der Waals surface area contributed by atoms with E-state index in [0.717, 1.165) is 9.75 Å². The standard InChI is InChI=1S/C8H7ClN2OS2/c9-6-2-1-4(13-6)7(12)5-3-11-8(10)14-5/h1-3,7,12H,(H2,10,11). The maximum Gasteiger partial charge on any atom is 0.180 e. The van der Waals surface area contributed by atoms with E-state index in [1.54, 1.807) is 18.3 Å². The highest BCUT2D eigenvalue weighted by Crippen LogP contribution is 2.33. The van der Waals surface area contributed by atoms with Crippen molar-refractivity contribution < 1.29 is 5.11 Å². The number of nitrogens with zero attached hydrogens (tertiary/aromatic N) is 1. The number of thiazole rings is 1. The molecule has 0 bridgehead atoms. The summed E-state index contributed by atoms with van der Waals surface area (Å²) in [5, 5.41) is 10.3. The van der Waals surface area contributed by atoms with E-state index in [2.05, 4.69) is 4.98 Å². The lowest BCUT2D eigenvalue weighted by atomic mass is 10.3. The molecule has 2 rings (SSSR count). The molecule has 6 heteroatoms. The van der Waals surface area contributed by atoms with Gasteiger partial charge < -0.3 is 10.8 Å². The zero-order valence-electron chi connectivity index (χ0n) is 6.98. The Hall–Kier alpha value is -0.620. The van der Waals surface area contributed by atoms with Gasteiger partial charge in [-0.1, -0.05) is 22.9 Å². The Morgan fingerprint density at radius 2 is 2.14 bits per heavy atom. The van der Waals surface area contributed by atoms with Crippen LogP contribution in [0.5, 0.6) is 0 Å². The number of hydrogen-bond acceptors (Lipinski definition) is 5. The number of anilines is 1. The van der Waals surface area contributed by atoms with Crippen LogP contribution in [0.3, 0.4) is 0 Å². The molecule has 0 aliphatic carbocycles. The Balaban J connectivity index is 2.28. The van der Waals surface area contributed by atoms with E-state index in [-0.39, 0.29) is 0 Å². The molecule has 0 amide bonds. The number of aromatic nitrogens is 1. The fourth-order valence-corrected chi connectivity index (χ4v) is 2.87. The van der Waals surface area contributed by atoms with Crippen LogP contribution in [0.4, 0.5) is 5.13 Å². The SMILES string of the molecule is Nc1ncc(C(O)c2ccc(Cl)s2)s1. The molecule has 0 aliphatic heterocycles. The Labute approximate surface area is 93.8 Å². The van der Waals surface area contributed by atoms with Crippen molar-refractivity contribution in [3.63, 3.8) is 0 Å².